The maximum Gasteiger partial charge on any atom is 0.234 e. The Morgan fingerprint density at radius 3 is 2.73 bits per heavy atom. The van der Waals surface area contributed by atoms with Crippen LogP contribution in [-0.2, 0) is 4.79 Å². The molecule has 0 aliphatic carbocycles. The number of anilines is 1. The quantitative estimate of drug-likeness (QED) is 0.408. The van der Waals surface area contributed by atoms with E-state index < -0.39 is 0 Å². The minimum absolute atomic E-state index is 0.127. The molecule has 1 aromatic heterocycles. The van der Waals surface area contributed by atoms with Crippen molar-refractivity contribution in [3.05, 3.63) is 69.8 Å². The van der Waals surface area contributed by atoms with E-state index in [2.05, 4.69) is 31.2 Å². The largest absolute Gasteiger partial charge is 0.325 e. The number of aryl methyl sites for hydroxylation is 1. The van der Waals surface area contributed by atoms with Crippen LogP contribution in [0.25, 0.3) is 11.3 Å². The van der Waals surface area contributed by atoms with E-state index in [4.69, 9.17) is 11.6 Å². The average molecular weight is 449 g/mol. The lowest BCUT2D eigenvalue weighted by atomic mass is 10.1. The van der Waals surface area contributed by atoms with Crippen LogP contribution in [0.3, 0.4) is 0 Å². The number of hydrogen-bond donors (Lipinski definition) is 1. The molecule has 2 aromatic carbocycles. The van der Waals surface area contributed by atoms with Crippen molar-refractivity contribution >= 4 is 50.9 Å². The Labute approximate surface area is 169 Å². The Kier molecular flexibility index (Phi) is 6.29. The molecular weight excluding hydrogens is 434 g/mol. The second-order valence-electron chi connectivity index (χ2n) is 5.53. The van der Waals surface area contributed by atoms with Gasteiger partial charge in [-0.1, -0.05) is 57.5 Å². The van der Waals surface area contributed by atoms with E-state index in [-0.39, 0.29) is 11.7 Å². The van der Waals surface area contributed by atoms with E-state index in [1.807, 2.05) is 43.3 Å². The smallest absolute Gasteiger partial charge is 0.234 e. The van der Waals surface area contributed by atoms with E-state index in [0.717, 1.165) is 21.3 Å². The van der Waals surface area contributed by atoms with Crippen LogP contribution in [0.15, 0.2) is 64.4 Å². The van der Waals surface area contributed by atoms with Crippen LogP contribution < -0.4 is 5.32 Å². The monoisotopic (exact) mass is 447 g/mol. The molecular formula is C19H15BrClN3OS. The Morgan fingerprint density at radius 1 is 1.19 bits per heavy atom. The number of rotatable bonds is 5. The molecule has 4 nitrogen and oxygen atoms in total. The standard InChI is InChI=1S/C19H15BrClN3OS/c1-12-2-7-15(21)10-17(12)23-18(25)11-26-19-22-9-8-16(24-19)13-3-5-14(20)6-4-13/h2-10H,11H2,1H3,(H,23,25). The van der Waals surface area contributed by atoms with Crippen LogP contribution in [0.2, 0.25) is 5.02 Å². The third-order valence-corrected chi connectivity index (χ3v) is 5.20. The summed E-state index contributed by atoms with van der Waals surface area (Å²) in [6.45, 7) is 1.92. The van der Waals surface area contributed by atoms with Crippen LogP contribution >= 0.6 is 39.3 Å². The van der Waals surface area contributed by atoms with Gasteiger partial charge in [0.15, 0.2) is 5.16 Å². The summed E-state index contributed by atoms with van der Waals surface area (Å²) in [7, 11) is 0. The number of nitrogens with zero attached hydrogens (tertiary/aromatic N) is 2. The van der Waals surface area contributed by atoms with Crippen molar-refractivity contribution in [1.29, 1.82) is 0 Å². The van der Waals surface area contributed by atoms with Gasteiger partial charge in [-0.3, -0.25) is 4.79 Å². The molecule has 0 saturated heterocycles. The highest BCUT2D eigenvalue weighted by Crippen LogP contribution is 2.23. The SMILES string of the molecule is Cc1ccc(Cl)cc1NC(=O)CSc1nccc(-c2ccc(Br)cc2)n1. The van der Waals surface area contributed by atoms with Crippen LogP contribution in [0, 0.1) is 6.92 Å². The van der Waals surface area contributed by atoms with Crippen molar-refractivity contribution in [3.8, 4) is 11.3 Å². The number of aromatic nitrogens is 2. The van der Waals surface area contributed by atoms with E-state index in [9.17, 15) is 4.79 Å². The topological polar surface area (TPSA) is 54.9 Å². The van der Waals surface area contributed by atoms with Gasteiger partial charge in [-0.15, -0.1) is 0 Å². The van der Waals surface area contributed by atoms with Gasteiger partial charge in [0.2, 0.25) is 5.91 Å². The molecule has 1 N–H and O–H groups in total. The van der Waals surface area contributed by atoms with E-state index in [0.29, 0.717) is 15.9 Å². The third-order valence-electron chi connectivity index (χ3n) is 3.58. The molecule has 26 heavy (non-hydrogen) atoms. The van der Waals surface area contributed by atoms with Gasteiger partial charge in [0.05, 0.1) is 11.4 Å². The van der Waals surface area contributed by atoms with E-state index >= 15 is 0 Å². The second-order valence-corrected chi connectivity index (χ2v) is 7.82. The molecule has 0 aliphatic heterocycles. The molecule has 132 valence electrons. The number of halogens is 2. The maximum atomic E-state index is 12.2. The second kappa shape index (κ2) is 8.66. The van der Waals surface area contributed by atoms with Crippen LogP contribution in [0.1, 0.15) is 5.56 Å². The fourth-order valence-corrected chi connectivity index (χ4v) is 3.30. The summed E-state index contributed by atoms with van der Waals surface area (Å²) in [6.07, 6.45) is 1.70. The number of carbonyl (C=O) groups is 1. The summed E-state index contributed by atoms with van der Waals surface area (Å²) in [5, 5.41) is 4.01. The van der Waals surface area contributed by atoms with Crippen LogP contribution in [-0.4, -0.2) is 21.6 Å². The summed E-state index contributed by atoms with van der Waals surface area (Å²) in [4.78, 5) is 21.0. The van der Waals surface area contributed by atoms with E-state index in [1.165, 1.54) is 11.8 Å². The van der Waals surface area contributed by atoms with Gasteiger partial charge in [0.25, 0.3) is 0 Å². The Morgan fingerprint density at radius 2 is 1.96 bits per heavy atom. The highest BCUT2D eigenvalue weighted by molar-refractivity contribution is 9.10. The van der Waals surface area contributed by atoms with Gasteiger partial charge in [-0.05, 0) is 42.8 Å². The Hall–Kier alpha value is -1.89. The lowest BCUT2D eigenvalue weighted by Gasteiger charge is -2.08. The molecule has 7 heteroatoms. The van der Waals surface area contributed by atoms with E-state index in [1.54, 1.807) is 18.3 Å². The zero-order valence-corrected chi connectivity index (χ0v) is 17.0. The van der Waals surface area contributed by atoms with Gasteiger partial charge in [0.1, 0.15) is 0 Å². The van der Waals surface area contributed by atoms with Crippen molar-refractivity contribution in [3.63, 3.8) is 0 Å². The first kappa shape index (κ1) is 18.9. The first-order chi connectivity index (χ1) is 12.5. The Balaban J connectivity index is 1.64. The minimum atomic E-state index is -0.127. The minimum Gasteiger partial charge on any atom is -0.325 e. The zero-order valence-electron chi connectivity index (χ0n) is 13.9. The summed E-state index contributed by atoms with van der Waals surface area (Å²) in [5.74, 6) is 0.0912. The lowest BCUT2D eigenvalue weighted by Crippen LogP contribution is -2.15. The van der Waals surface area contributed by atoms with Crippen molar-refractivity contribution in [2.75, 3.05) is 11.1 Å². The molecule has 0 saturated carbocycles. The van der Waals surface area contributed by atoms with Gasteiger partial charge < -0.3 is 5.32 Å². The number of carbonyl (C=O) groups excluding carboxylic acids is 1. The first-order valence-corrected chi connectivity index (χ1v) is 9.95. The number of hydrogen-bond acceptors (Lipinski definition) is 4. The molecule has 0 atom stereocenters. The molecule has 3 aromatic rings. The van der Waals surface area contributed by atoms with Crippen LogP contribution in [0.4, 0.5) is 5.69 Å². The molecule has 0 fully saturated rings. The molecule has 3 rings (SSSR count). The molecule has 0 spiro atoms. The summed E-state index contributed by atoms with van der Waals surface area (Å²) in [6, 6.07) is 15.1. The van der Waals surface area contributed by atoms with Crippen LogP contribution in [0.5, 0.6) is 0 Å². The molecule has 0 aliphatic rings. The summed E-state index contributed by atoms with van der Waals surface area (Å²) >= 11 is 10.7. The third kappa shape index (κ3) is 5.06. The number of nitrogens with one attached hydrogen (secondary N) is 1. The molecule has 1 amide bonds. The highest BCUT2D eigenvalue weighted by atomic mass is 79.9. The normalized spacial score (nSPS) is 10.6. The predicted octanol–water partition coefficient (Wildman–Crippen LogP) is 5.60. The van der Waals surface area contributed by atoms with Crippen molar-refractivity contribution < 1.29 is 4.79 Å². The fourth-order valence-electron chi connectivity index (χ4n) is 2.24. The van der Waals surface area contributed by atoms with Gasteiger partial charge in [-0.2, -0.15) is 0 Å². The molecule has 0 unspecified atom stereocenters. The van der Waals surface area contributed by atoms with Gasteiger partial charge in [0, 0.05) is 26.9 Å². The number of benzene rings is 2. The fraction of sp³-hybridized carbons (Fsp3) is 0.105. The van der Waals surface area contributed by atoms with Gasteiger partial charge in [-0.25, -0.2) is 9.97 Å². The zero-order chi connectivity index (χ0) is 18.5. The Bertz CT molecular complexity index is 934. The first-order valence-electron chi connectivity index (χ1n) is 7.79. The molecule has 0 bridgehead atoms. The van der Waals surface area contributed by atoms with Crippen molar-refractivity contribution in [2.24, 2.45) is 0 Å². The highest BCUT2D eigenvalue weighted by Gasteiger charge is 2.09. The summed E-state index contributed by atoms with van der Waals surface area (Å²) in [5.41, 5.74) is 3.49. The maximum absolute atomic E-state index is 12.2. The average Bonchev–Trinajstić information content (AvgIpc) is 2.64. The summed E-state index contributed by atoms with van der Waals surface area (Å²) < 4.78 is 1.01. The number of thioether (sulfide) groups is 1. The molecule has 0 radical (unpaired) electrons. The van der Waals surface area contributed by atoms with Crippen molar-refractivity contribution in [2.45, 2.75) is 12.1 Å². The lowest BCUT2D eigenvalue weighted by molar-refractivity contribution is -0.113. The van der Waals surface area contributed by atoms with Crippen molar-refractivity contribution in [1.82, 2.24) is 9.97 Å². The number of amides is 1. The predicted molar refractivity (Wildman–Crippen MR) is 111 cm³/mol. The van der Waals surface area contributed by atoms with Gasteiger partial charge >= 0.3 is 0 Å². The molecule has 1 heterocycles.